The number of nitrogens with zero attached hydrogens (tertiary/aromatic N) is 1. The lowest BCUT2D eigenvalue weighted by Gasteiger charge is -2.13. The van der Waals surface area contributed by atoms with Gasteiger partial charge in [0.1, 0.15) is 11.5 Å². The van der Waals surface area contributed by atoms with Crippen molar-refractivity contribution in [2.24, 2.45) is 0 Å². The number of carbonyl (C=O) groups is 2. The van der Waals surface area contributed by atoms with Crippen LogP contribution in [0, 0.1) is 0 Å². The number of thiazole rings is 1. The molecule has 2 aromatic carbocycles. The van der Waals surface area contributed by atoms with Crippen molar-refractivity contribution in [3.63, 3.8) is 0 Å². The van der Waals surface area contributed by atoms with Crippen LogP contribution in [0.5, 0.6) is 11.5 Å². The van der Waals surface area contributed by atoms with Gasteiger partial charge in [0.25, 0.3) is 0 Å². The number of anilines is 2. The van der Waals surface area contributed by atoms with E-state index in [1.54, 1.807) is 12.1 Å². The van der Waals surface area contributed by atoms with E-state index >= 15 is 0 Å². The molecular formula is C22H25N3O4S. The molecule has 0 spiro atoms. The van der Waals surface area contributed by atoms with Crippen molar-refractivity contribution in [3.8, 4) is 11.5 Å². The van der Waals surface area contributed by atoms with Crippen molar-refractivity contribution in [1.29, 1.82) is 0 Å². The van der Waals surface area contributed by atoms with Gasteiger partial charge in [-0.3, -0.25) is 9.59 Å². The van der Waals surface area contributed by atoms with Crippen LogP contribution in [0.4, 0.5) is 10.8 Å². The van der Waals surface area contributed by atoms with Crippen molar-refractivity contribution in [3.05, 3.63) is 42.0 Å². The first kappa shape index (κ1) is 21.6. The summed E-state index contributed by atoms with van der Waals surface area (Å²) in [6.07, 6.45) is 0.914. The smallest absolute Gasteiger partial charge is 0.224 e. The molecule has 0 fully saturated rings. The van der Waals surface area contributed by atoms with E-state index in [4.69, 9.17) is 9.47 Å². The summed E-state index contributed by atoms with van der Waals surface area (Å²) in [7, 11) is 0. The Morgan fingerprint density at radius 1 is 1.03 bits per heavy atom. The molecule has 158 valence electrons. The zero-order valence-corrected chi connectivity index (χ0v) is 18.1. The summed E-state index contributed by atoms with van der Waals surface area (Å²) in [6.45, 7) is 6.32. The molecule has 2 amide bonds. The lowest BCUT2D eigenvalue weighted by Crippen LogP contribution is -2.13. The minimum absolute atomic E-state index is 0.104. The van der Waals surface area contributed by atoms with Crippen LogP contribution in [-0.2, 0) is 16.0 Å². The third-order valence-electron chi connectivity index (χ3n) is 4.21. The maximum atomic E-state index is 12.5. The standard InChI is InChI=1S/C22H25N3O4S/c1-4-28-16-8-10-19(29-5-2)18(13-16)24-21(27)11-7-15-6-9-17-20(12-15)30-22(25-17)23-14(3)26/h6,8-10,12-13H,4-5,7,11H2,1-3H3,(H,24,27)(H,23,25,26). The van der Waals surface area contributed by atoms with E-state index in [2.05, 4.69) is 15.6 Å². The van der Waals surface area contributed by atoms with Gasteiger partial charge in [0.2, 0.25) is 11.8 Å². The normalized spacial score (nSPS) is 10.6. The maximum absolute atomic E-state index is 12.5. The average molecular weight is 428 g/mol. The molecule has 1 aromatic heterocycles. The molecule has 0 unspecified atom stereocenters. The van der Waals surface area contributed by atoms with Gasteiger partial charge < -0.3 is 20.1 Å². The van der Waals surface area contributed by atoms with Crippen molar-refractivity contribution < 1.29 is 19.1 Å². The van der Waals surface area contributed by atoms with E-state index in [0.717, 1.165) is 15.8 Å². The molecule has 0 aliphatic rings. The Hall–Kier alpha value is -3.13. The Morgan fingerprint density at radius 2 is 1.83 bits per heavy atom. The lowest BCUT2D eigenvalue weighted by atomic mass is 10.1. The molecule has 0 bridgehead atoms. The molecule has 0 saturated heterocycles. The second-order valence-electron chi connectivity index (χ2n) is 6.57. The predicted molar refractivity (Wildman–Crippen MR) is 120 cm³/mol. The Morgan fingerprint density at radius 3 is 2.57 bits per heavy atom. The number of amides is 2. The Labute approximate surface area is 179 Å². The van der Waals surface area contributed by atoms with Crippen molar-refractivity contribution in [1.82, 2.24) is 4.98 Å². The maximum Gasteiger partial charge on any atom is 0.224 e. The molecule has 30 heavy (non-hydrogen) atoms. The van der Waals surface area contributed by atoms with E-state index in [1.165, 1.54) is 18.3 Å². The summed E-state index contributed by atoms with van der Waals surface area (Å²) >= 11 is 1.42. The van der Waals surface area contributed by atoms with Crippen LogP contribution < -0.4 is 20.1 Å². The summed E-state index contributed by atoms with van der Waals surface area (Å²) in [4.78, 5) is 28.1. The Balaban J connectivity index is 1.65. The van der Waals surface area contributed by atoms with Gasteiger partial charge in [0.15, 0.2) is 5.13 Å². The third-order valence-corrected chi connectivity index (χ3v) is 5.15. The van der Waals surface area contributed by atoms with Gasteiger partial charge in [-0.2, -0.15) is 0 Å². The number of benzene rings is 2. The van der Waals surface area contributed by atoms with E-state index < -0.39 is 0 Å². The fourth-order valence-corrected chi connectivity index (χ4v) is 3.92. The fourth-order valence-electron chi connectivity index (χ4n) is 2.94. The van der Waals surface area contributed by atoms with Gasteiger partial charge in [-0.1, -0.05) is 17.4 Å². The number of ether oxygens (including phenoxy) is 2. The van der Waals surface area contributed by atoms with E-state index in [1.807, 2.05) is 38.1 Å². The monoisotopic (exact) mass is 427 g/mol. The predicted octanol–water partition coefficient (Wildman–Crippen LogP) is 4.62. The summed E-state index contributed by atoms with van der Waals surface area (Å²) in [5, 5.41) is 6.20. The van der Waals surface area contributed by atoms with E-state index in [9.17, 15) is 9.59 Å². The molecular weight excluding hydrogens is 402 g/mol. The van der Waals surface area contributed by atoms with Crippen LogP contribution in [0.2, 0.25) is 0 Å². The second-order valence-corrected chi connectivity index (χ2v) is 7.61. The minimum Gasteiger partial charge on any atom is -0.494 e. The Kier molecular flexibility index (Phi) is 7.24. The Bertz CT molecular complexity index is 1050. The summed E-state index contributed by atoms with van der Waals surface area (Å²) in [6, 6.07) is 11.3. The highest BCUT2D eigenvalue weighted by Crippen LogP contribution is 2.30. The number of carbonyl (C=O) groups excluding carboxylic acids is 2. The number of rotatable bonds is 9. The topological polar surface area (TPSA) is 89.6 Å². The molecule has 8 heteroatoms. The quantitative estimate of drug-likeness (QED) is 0.520. The largest absolute Gasteiger partial charge is 0.494 e. The first-order valence-corrected chi connectivity index (χ1v) is 10.7. The van der Waals surface area contributed by atoms with Crippen LogP contribution in [0.3, 0.4) is 0 Å². The molecule has 0 aliphatic carbocycles. The molecule has 7 nitrogen and oxygen atoms in total. The number of fused-ring (bicyclic) bond motifs is 1. The van der Waals surface area contributed by atoms with Crippen LogP contribution in [0.25, 0.3) is 10.2 Å². The number of hydrogen-bond donors (Lipinski definition) is 2. The molecule has 0 radical (unpaired) electrons. The highest BCUT2D eigenvalue weighted by Gasteiger charge is 2.11. The van der Waals surface area contributed by atoms with Crippen LogP contribution in [0.1, 0.15) is 32.8 Å². The first-order chi connectivity index (χ1) is 14.5. The number of nitrogens with one attached hydrogen (secondary N) is 2. The number of aromatic nitrogens is 1. The van der Waals surface area contributed by atoms with Gasteiger partial charge in [-0.25, -0.2) is 4.98 Å². The van der Waals surface area contributed by atoms with Gasteiger partial charge in [0.05, 0.1) is 29.1 Å². The van der Waals surface area contributed by atoms with Crippen molar-refractivity contribution in [2.75, 3.05) is 23.8 Å². The van der Waals surface area contributed by atoms with E-state index in [-0.39, 0.29) is 11.8 Å². The molecule has 0 saturated carbocycles. The van der Waals surface area contributed by atoms with Crippen LogP contribution in [0.15, 0.2) is 36.4 Å². The van der Waals surface area contributed by atoms with Gasteiger partial charge in [-0.05, 0) is 50.1 Å². The molecule has 3 rings (SSSR count). The first-order valence-electron chi connectivity index (χ1n) is 9.85. The SMILES string of the molecule is CCOc1ccc(OCC)c(NC(=O)CCc2ccc3nc(NC(C)=O)sc3c2)c1. The lowest BCUT2D eigenvalue weighted by molar-refractivity contribution is -0.116. The fraction of sp³-hybridized carbons (Fsp3) is 0.318. The molecule has 1 heterocycles. The summed E-state index contributed by atoms with van der Waals surface area (Å²) in [5.74, 6) is 1.05. The summed E-state index contributed by atoms with van der Waals surface area (Å²) < 4.78 is 12.1. The minimum atomic E-state index is -0.147. The molecule has 3 aromatic rings. The van der Waals surface area contributed by atoms with Gasteiger partial charge in [0, 0.05) is 19.4 Å². The van der Waals surface area contributed by atoms with Crippen molar-refractivity contribution in [2.45, 2.75) is 33.6 Å². The van der Waals surface area contributed by atoms with E-state index in [0.29, 0.717) is 48.4 Å². The van der Waals surface area contributed by atoms with Crippen LogP contribution in [-0.4, -0.2) is 30.0 Å². The highest BCUT2D eigenvalue weighted by atomic mass is 32.1. The highest BCUT2D eigenvalue weighted by molar-refractivity contribution is 7.22. The number of hydrogen-bond acceptors (Lipinski definition) is 6. The average Bonchev–Trinajstić information content (AvgIpc) is 3.09. The van der Waals surface area contributed by atoms with Gasteiger partial charge in [-0.15, -0.1) is 0 Å². The zero-order chi connectivity index (χ0) is 21.5. The zero-order valence-electron chi connectivity index (χ0n) is 17.3. The second kappa shape index (κ2) is 10.1. The van der Waals surface area contributed by atoms with Crippen molar-refractivity contribution >= 4 is 44.2 Å². The molecule has 2 N–H and O–H groups in total. The molecule has 0 atom stereocenters. The molecule has 0 aliphatic heterocycles. The summed E-state index contributed by atoms with van der Waals surface area (Å²) in [5.41, 5.74) is 2.46. The van der Waals surface area contributed by atoms with Gasteiger partial charge >= 0.3 is 0 Å². The third kappa shape index (κ3) is 5.70. The number of aryl methyl sites for hydroxylation is 1. The van der Waals surface area contributed by atoms with Crippen LogP contribution >= 0.6 is 11.3 Å².